The van der Waals surface area contributed by atoms with Gasteiger partial charge in [0, 0.05) is 10.9 Å². The minimum absolute atomic E-state index is 0.000460. The molecule has 0 saturated heterocycles. The van der Waals surface area contributed by atoms with E-state index in [2.05, 4.69) is 11.9 Å². The zero-order valence-electron chi connectivity index (χ0n) is 8.73. The van der Waals surface area contributed by atoms with E-state index in [0.717, 1.165) is 17.3 Å². The van der Waals surface area contributed by atoms with Crippen molar-refractivity contribution in [3.63, 3.8) is 0 Å². The lowest BCUT2D eigenvalue weighted by Gasteiger charge is -1.97. The molecule has 0 spiro atoms. The van der Waals surface area contributed by atoms with Gasteiger partial charge in [0.05, 0.1) is 5.56 Å². The van der Waals surface area contributed by atoms with Crippen LogP contribution < -0.4 is 0 Å². The van der Waals surface area contributed by atoms with Gasteiger partial charge in [-0.05, 0) is 31.0 Å². The molecule has 0 amide bonds. The minimum atomic E-state index is -0.000460. The Morgan fingerprint density at radius 1 is 1.47 bits per heavy atom. The fourth-order valence-corrected chi connectivity index (χ4v) is 2.11. The standard InChI is InChI=1S/C12H12ClNO/c1-3-8-4-5-10-9(6-8)11(7(2)15)12(13)14-10/h4-6,14H,3H2,1-2H3. The molecule has 0 radical (unpaired) electrons. The van der Waals surface area contributed by atoms with E-state index in [0.29, 0.717) is 10.7 Å². The van der Waals surface area contributed by atoms with Gasteiger partial charge >= 0.3 is 0 Å². The number of hydrogen-bond donors (Lipinski definition) is 1. The molecule has 0 aliphatic heterocycles. The molecule has 2 rings (SSSR count). The van der Waals surface area contributed by atoms with Crippen LogP contribution in [0.4, 0.5) is 0 Å². The number of rotatable bonds is 2. The van der Waals surface area contributed by atoms with Crippen molar-refractivity contribution in [3.05, 3.63) is 34.5 Å². The van der Waals surface area contributed by atoms with Gasteiger partial charge in [-0.1, -0.05) is 24.6 Å². The summed E-state index contributed by atoms with van der Waals surface area (Å²) in [7, 11) is 0. The molecule has 0 atom stereocenters. The van der Waals surface area contributed by atoms with E-state index in [1.807, 2.05) is 18.2 Å². The predicted molar refractivity (Wildman–Crippen MR) is 62.7 cm³/mol. The van der Waals surface area contributed by atoms with Gasteiger partial charge in [-0.25, -0.2) is 0 Å². The second-order valence-electron chi connectivity index (χ2n) is 3.60. The number of benzene rings is 1. The number of halogens is 1. The highest BCUT2D eigenvalue weighted by Gasteiger charge is 2.13. The van der Waals surface area contributed by atoms with E-state index in [9.17, 15) is 4.79 Å². The predicted octanol–water partition coefficient (Wildman–Crippen LogP) is 3.59. The van der Waals surface area contributed by atoms with E-state index in [4.69, 9.17) is 11.6 Å². The number of carbonyl (C=O) groups is 1. The first kappa shape index (κ1) is 10.2. The number of fused-ring (bicyclic) bond motifs is 1. The number of hydrogen-bond acceptors (Lipinski definition) is 1. The number of aromatic nitrogens is 1. The molecule has 0 fully saturated rings. The fourth-order valence-electron chi connectivity index (χ4n) is 1.77. The molecule has 0 saturated carbocycles. The normalized spacial score (nSPS) is 10.9. The van der Waals surface area contributed by atoms with Crippen LogP contribution in [0.15, 0.2) is 18.2 Å². The molecule has 0 aliphatic carbocycles. The Balaban J connectivity index is 2.77. The molecule has 3 heteroatoms. The second-order valence-corrected chi connectivity index (χ2v) is 3.98. The SMILES string of the molecule is CCc1ccc2[nH]c(Cl)c(C(C)=O)c2c1. The van der Waals surface area contributed by atoms with Gasteiger partial charge in [0.25, 0.3) is 0 Å². The smallest absolute Gasteiger partial charge is 0.163 e. The topological polar surface area (TPSA) is 32.9 Å². The molecule has 15 heavy (non-hydrogen) atoms. The number of aromatic amines is 1. The maximum Gasteiger partial charge on any atom is 0.163 e. The van der Waals surface area contributed by atoms with E-state index in [1.54, 1.807) is 0 Å². The Morgan fingerprint density at radius 3 is 2.80 bits per heavy atom. The highest BCUT2D eigenvalue weighted by Crippen LogP contribution is 2.27. The van der Waals surface area contributed by atoms with Crippen molar-refractivity contribution in [2.75, 3.05) is 0 Å². The van der Waals surface area contributed by atoms with Crippen molar-refractivity contribution >= 4 is 28.3 Å². The van der Waals surface area contributed by atoms with Crippen LogP contribution in [0.5, 0.6) is 0 Å². The fraction of sp³-hybridized carbons (Fsp3) is 0.250. The van der Waals surface area contributed by atoms with Crippen LogP contribution in [-0.4, -0.2) is 10.8 Å². The molecular formula is C12H12ClNO. The lowest BCUT2D eigenvalue weighted by atomic mass is 10.1. The van der Waals surface area contributed by atoms with Crippen molar-refractivity contribution in [1.29, 1.82) is 0 Å². The summed E-state index contributed by atoms with van der Waals surface area (Å²) in [5.41, 5.74) is 2.73. The summed E-state index contributed by atoms with van der Waals surface area (Å²) in [6.07, 6.45) is 0.954. The average Bonchev–Trinajstić information content (AvgIpc) is 2.52. The molecule has 1 N–H and O–H groups in total. The maximum atomic E-state index is 11.4. The molecular weight excluding hydrogens is 210 g/mol. The van der Waals surface area contributed by atoms with Gasteiger partial charge in [0.15, 0.2) is 5.78 Å². The van der Waals surface area contributed by atoms with E-state index in [1.165, 1.54) is 12.5 Å². The Hall–Kier alpha value is -1.28. The number of nitrogens with one attached hydrogen (secondary N) is 1. The molecule has 0 unspecified atom stereocenters. The highest BCUT2D eigenvalue weighted by atomic mass is 35.5. The average molecular weight is 222 g/mol. The quantitative estimate of drug-likeness (QED) is 0.773. The van der Waals surface area contributed by atoms with Gasteiger partial charge in [-0.15, -0.1) is 0 Å². The summed E-state index contributed by atoms with van der Waals surface area (Å²) >= 11 is 5.98. The van der Waals surface area contributed by atoms with E-state index < -0.39 is 0 Å². The van der Waals surface area contributed by atoms with E-state index >= 15 is 0 Å². The summed E-state index contributed by atoms with van der Waals surface area (Å²) < 4.78 is 0. The first-order valence-corrected chi connectivity index (χ1v) is 5.32. The minimum Gasteiger partial charge on any atom is -0.345 e. The number of ketones is 1. The molecule has 0 aliphatic rings. The Morgan fingerprint density at radius 2 is 2.20 bits per heavy atom. The largest absolute Gasteiger partial charge is 0.345 e. The molecule has 1 aromatic carbocycles. The van der Waals surface area contributed by atoms with Gasteiger partial charge in [-0.3, -0.25) is 4.79 Å². The van der Waals surface area contributed by atoms with Crippen molar-refractivity contribution < 1.29 is 4.79 Å². The van der Waals surface area contributed by atoms with Crippen LogP contribution in [0.3, 0.4) is 0 Å². The monoisotopic (exact) mass is 221 g/mol. The van der Waals surface area contributed by atoms with E-state index in [-0.39, 0.29) is 5.78 Å². The number of aryl methyl sites for hydroxylation is 1. The molecule has 1 heterocycles. The molecule has 78 valence electrons. The Bertz CT molecular complexity index is 528. The molecule has 2 nitrogen and oxygen atoms in total. The van der Waals surface area contributed by atoms with Crippen LogP contribution in [0.1, 0.15) is 29.8 Å². The van der Waals surface area contributed by atoms with Gasteiger partial charge < -0.3 is 4.98 Å². The summed E-state index contributed by atoms with van der Waals surface area (Å²) in [6.45, 7) is 3.62. The van der Waals surface area contributed by atoms with Crippen molar-refractivity contribution in [2.24, 2.45) is 0 Å². The third kappa shape index (κ3) is 1.65. The first-order valence-electron chi connectivity index (χ1n) is 4.94. The second kappa shape index (κ2) is 3.70. The van der Waals surface area contributed by atoms with Crippen LogP contribution in [0.25, 0.3) is 10.9 Å². The van der Waals surface area contributed by atoms with Crippen molar-refractivity contribution in [3.8, 4) is 0 Å². The van der Waals surface area contributed by atoms with Gasteiger partial charge in [0.1, 0.15) is 5.15 Å². The molecule has 1 aromatic heterocycles. The molecule has 2 aromatic rings. The number of carbonyl (C=O) groups excluding carboxylic acids is 1. The lowest BCUT2D eigenvalue weighted by Crippen LogP contribution is -1.91. The highest BCUT2D eigenvalue weighted by molar-refractivity contribution is 6.35. The summed E-state index contributed by atoms with van der Waals surface area (Å²) in [5.74, 6) is -0.000460. The zero-order chi connectivity index (χ0) is 11.0. The number of H-pyrrole nitrogens is 1. The van der Waals surface area contributed by atoms with Crippen molar-refractivity contribution in [1.82, 2.24) is 4.98 Å². The number of Topliss-reactive ketones (excluding diaryl/α,β-unsaturated/α-hetero) is 1. The summed E-state index contributed by atoms with van der Waals surface area (Å²) in [6, 6.07) is 6.03. The Labute approximate surface area is 93.2 Å². The van der Waals surface area contributed by atoms with Crippen LogP contribution in [0.2, 0.25) is 5.15 Å². The first-order chi connectivity index (χ1) is 7.13. The van der Waals surface area contributed by atoms with Crippen molar-refractivity contribution in [2.45, 2.75) is 20.3 Å². The summed E-state index contributed by atoms with van der Waals surface area (Å²) in [5, 5.41) is 1.36. The van der Waals surface area contributed by atoms with Gasteiger partial charge in [0.2, 0.25) is 0 Å². The third-order valence-corrected chi connectivity index (χ3v) is 2.86. The van der Waals surface area contributed by atoms with Crippen LogP contribution in [-0.2, 0) is 6.42 Å². The van der Waals surface area contributed by atoms with Crippen LogP contribution in [0, 0.1) is 0 Å². The van der Waals surface area contributed by atoms with Gasteiger partial charge in [-0.2, -0.15) is 0 Å². The van der Waals surface area contributed by atoms with Crippen LogP contribution >= 0.6 is 11.6 Å². The zero-order valence-corrected chi connectivity index (χ0v) is 9.48. The molecule has 0 bridgehead atoms. The third-order valence-electron chi connectivity index (χ3n) is 2.58. The summed E-state index contributed by atoms with van der Waals surface area (Å²) in [4.78, 5) is 14.4. The maximum absolute atomic E-state index is 11.4. The lowest BCUT2D eigenvalue weighted by molar-refractivity contribution is 0.101. The Kier molecular flexibility index (Phi) is 2.53.